The number of carboxylic acid groups (broad SMARTS) is 1. The Labute approximate surface area is 180 Å². The summed E-state index contributed by atoms with van der Waals surface area (Å²) in [5, 5.41) is 24.1. The van der Waals surface area contributed by atoms with Crippen molar-refractivity contribution < 1.29 is 34.1 Å². The molecule has 0 aliphatic heterocycles. The maximum atomic E-state index is 11.9. The summed E-state index contributed by atoms with van der Waals surface area (Å²) >= 11 is 0. The van der Waals surface area contributed by atoms with E-state index in [4.69, 9.17) is 9.47 Å². The van der Waals surface area contributed by atoms with Crippen molar-refractivity contribution in [2.75, 3.05) is 6.54 Å². The summed E-state index contributed by atoms with van der Waals surface area (Å²) in [6.07, 6.45) is -2.60. The fourth-order valence-electron chi connectivity index (χ4n) is 2.66. The SMILES string of the molecule is O=C(NCCCC(O)C(NC(=O)OCc1ccccc1)C(=O)O)OCc1ccccc1. The number of aliphatic hydroxyl groups is 1. The van der Waals surface area contributed by atoms with Gasteiger partial charge in [-0.2, -0.15) is 0 Å². The lowest BCUT2D eigenvalue weighted by molar-refractivity contribution is -0.142. The molecule has 0 radical (unpaired) electrons. The minimum absolute atomic E-state index is 0.0237. The van der Waals surface area contributed by atoms with Crippen molar-refractivity contribution in [2.45, 2.75) is 38.2 Å². The molecule has 0 fully saturated rings. The molecule has 0 aromatic heterocycles. The van der Waals surface area contributed by atoms with E-state index in [0.29, 0.717) is 0 Å². The molecule has 9 nitrogen and oxygen atoms in total. The zero-order valence-corrected chi connectivity index (χ0v) is 16.9. The standard InChI is InChI=1S/C22H26N2O7/c25-18(12-7-13-23-21(28)30-14-16-8-3-1-4-9-16)19(20(26)27)24-22(29)31-15-17-10-5-2-6-11-17/h1-6,8-11,18-19,25H,7,12-15H2,(H,23,28)(H,24,29)(H,26,27). The molecule has 0 heterocycles. The topological polar surface area (TPSA) is 134 Å². The summed E-state index contributed by atoms with van der Waals surface area (Å²) in [7, 11) is 0. The van der Waals surface area contributed by atoms with Gasteiger partial charge in [0.2, 0.25) is 0 Å². The first-order chi connectivity index (χ1) is 15.0. The zero-order chi connectivity index (χ0) is 22.5. The number of carbonyl (C=O) groups excluding carboxylic acids is 2. The lowest BCUT2D eigenvalue weighted by Gasteiger charge is -2.20. The first kappa shape index (κ1) is 23.7. The number of amides is 2. The molecule has 2 atom stereocenters. The number of hydrogen-bond donors (Lipinski definition) is 4. The van der Waals surface area contributed by atoms with Gasteiger partial charge in [-0.3, -0.25) is 0 Å². The Balaban J connectivity index is 1.66. The number of nitrogens with one attached hydrogen (secondary N) is 2. The predicted octanol–water partition coefficient (Wildman–Crippen LogP) is 2.43. The van der Waals surface area contributed by atoms with Crippen LogP contribution in [0.4, 0.5) is 9.59 Å². The zero-order valence-electron chi connectivity index (χ0n) is 16.9. The molecule has 0 saturated carbocycles. The van der Waals surface area contributed by atoms with Gasteiger partial charge in [0.15, 0.2) is 6.04 Å². The van der Waals surface area contributed by atoms with Crippen molar-refractivity contribution in [1.29, 1.82) is 0 Å². The van der Waals surface area contributed by atoms with Gasteiger partial charge < -0.3 is 30.3 Å². The molecule has 0 spiro atoms. The van der Waals surface area contributed by atoms with Gasteiger partial charge in [0.1, 0.15) is 13.2 Å². The van der Waals surface area contributed by atoms with Gasteiger partial charge in [0.25, 0.3) is 0 Å². The molecular formula is C22H26N2O7. The lowest BCUT2D eigenvalue weighted by Crippen LogP contribution is -2.49. The number of hydrogen-bond acceptors (Lipinski definition) is 6. The van der Waals surface area contributed by atoms with Crippen molar-refractivity contribution in [1.82, 2.24) is 10.6 Å². The Bertz CT molecular complexity index is 830. The van der Waals surface area contributed by atoms with E-state index in [9.17, 15) is 24.6 Å². The molecule has 2 rings (SSSR count). The van der Waals surface area contributed by atoms with Crippen LogP contribution in [-0.2, 0) is 27.5 Å². The number of aliphatic carboxylic acids is 1. The van der Waals surface area contributed by atoms with E-state index in [1.807, 2.05) is 36.4 Å². The Morgan fingerprint density at radius 1 is 0.839 bits per heavy atom. The van der Waals surface area contributed by atoms with E-state index in [-0.39, 0.29) is 32.6 Å². The van der Waals surface area contributed by atoms with E-state index in [1.54, 1.807) is 24.3 Å². The van der Waals surface area contributed by atoms with Crippen LogP contribution in [0.15, 0.2) is 60.7 Å². The summed E-state index contributed by atoms with van der Waals surface area (Å²) < 4.78 is 10.0. The normalized spacial score (nSPS) is 12.3. The van der Waals surface area contributed by atoms with Crippen molar-refractivity contribution in [3.05, 3.63) is 71.8 Å². The molecule has 2 aromatic rings. The van der Waals surface area contributed by atoms with Gasteiger partial charge in [-0.1, -0.05) is 60.7 Å². The van der Waals surface area contributed by atoms with Gasteiger partial charge in [-0.15, -0.1) is 0 Å². The molecule has 0 aliphatic rings. The van der Waals surface area contributed by atoms with Crippen LogP contribution in [0.25, 0.3) is 0 Å². The number of carbonyl (C=O) groups is 3. The highest BCUT2D eigenvalue weighted by Crippen LogP contribution is 2.06. The van der Waals surface area contributed by atoms with E-state index in [2.05, 4.69) is 10.6 Å². The van der Waals surface area contributed by atoms with Crippen LogP contribution in [0.5, 0.6) is 0 Å². The molecule has 166 valence electrons. The third-order valence-electron chi connectivity index (χ3n) is 4.30. The summed E-state index contributed by atoms with van der Waals surface area (Å²) in [5.74, 6) is -1.39. The number of benzene rings is 2. The van der Waals surface area contributed by atoms with Crippen molar-refractivity contribution in [3.63, 3.8) is 0 Å². The van der Waals surface area contributed by atoms with Crippen LogP contribution in [0, 0.1) is 0 Å². The summed E-state index contributed by atoms with van der Waals surface area (Å²) in [4.78, 5) is 34.9. The Kier molecular flexibility index (Phi) is 9.83. The van der Waals surface area contributed by atoms with Crippen LogP contribution in [-0.4, -0.2) is 47.1 Å². The lowest BCUT2D eigenvalue weighted by atomic mass is 10.1. The highest BCUT2D eigenvalue weighted by atomic mass is 16.6. The number of rotatable bonds is 11. The molecular weight excluding hydrogens is 404 g/mol. The van der Waals surface area contributed by atoms with Crippen molar-refractivity contribution in [2.24, 2.45) is 0 Å². The summed E-state index contributed by atoms with van der Waals surface area (Å²) in [6, 6.07) is 16.6. The molecule has 0 bridgehead atoms. The molecule has 0 saturated heterocycles. The average molecular weight is 430 g/mol. The Morgan fingerprint density at radius 2 is 1.35 bits per heavy atom. The largest absolute Gasteiger partial charge is 0.480 e. The monoisotopic (exact) mass is 430 g/mol. The van der Waals surface area contributed by atoms with Crippen molar-refractivity contribution >= 4 is 18.2 Å². The predicted molar refractivity (Wildman–Crippen MR) is 111 cm³/mol. The molecule has 0 aliphatic carbocycles. The number of alkyl carbamates (subject to hydrolysis) is 2. The quantitative estimate of drug-likeness (QED) is 0.402. The van der Waals surface area contributed by atoms with Crippen LogP contribution in [0.1, 0.15) is 24.0 Å². The van der Waals surface area contributed by atoms with Crippen LogP contribution in [0.3, 0.4) is 0 Å². The average Bonchev–Trinajstić information content (AvgIpc) is 2.78. The molecule has 9 heteroatoms. The molecule has 2 aromatic carbocycles. The van der Waals surface area contributed by atoms with E-state index < -0.39 is 30.3 Å². The van der Waals surface area contributed by atoms with E-state index >= 15 is 0 Å². The second kappa shape index (κ2) is 12.9. The Hall–Kier alpha value is -3.59. The van der Waals surface area contributed by atoms with E-state index in [1.165, 1.54) is 0 Å². The first-order valence-corrected chi connectivity index (χ1v) is 9.78. The fourth-order valence-corrected chi connectivity index (χ4v) is 2.66. The maximum Gasteiger partial charge on any atom is 0.408 e. The number of ether oxygens (including phenoxy) is 2. The van der Waals surface area contributed by atoms with Crippen LogP contribution in [0.2, 0.25) is 0 Å². The second-order valence-corrected chi connectivity index (χ2v) is 6.72. The third-order valence-corrected chi connectivity index (χ3v) is 4.30. The molecule has 2 unspecified atom stereocenters. The minimum Gasteiger partial charge on any atom is -0.480 e. The highest BCUT2D eigenvalue weighted by molar-refractivity contribution is 5.80. The van der Waals surface area contributed by atoms with Gasteiger partial charge in [0, 0.05) is 6.54 Å². The maximum absolute atomic E-state index is 11.9. The van der Waals surface area contributed by atoms with Gasteiger partial charge >= 0.3 is 18.2 Å². The molecule has 4 N–H and O–H groups in total. The minimum atomic E-state index is -1.53. The van der Waals surface area contributed by atoms with Gasteiger partial charge in [-0.25, -0.2) is 14.4 Å². The number of carboxylic acids is 1. The fraction of sp³-hybridized carbons (Fsp3) is 0.318. The second-order valence-electron chi connectivity index (χ2n) is 6.72. The van der Waals surface area contributed by atoms with E-state index in [0.717, 1.165) is 11.1 Å². The molecule has 2 amide bonds. The van der Waals surface area contributed by atoms with Crippen molar-refractivity contribution in [3.8, 4) is 0 Å². The van der Waals surface area contributed by atoms with Crippen LogP contribution >= 0.6 is 0 Å². The highest BCUT2D eigenvalue weighted by Gasteiger charge is 2.28. The number of aliphatic hydroxyl groups excluding tert-OH is 1. The first-order valence-electron chi connectivity index (χ1n) is 9.78. The van der Waals surface area contributed by atoms with Gasteiger partial charge in [-0.05, 0) is 24.0 Å². The summed E-state index contributed by atoms with van der Waals surface area (Å²) in [6.45, 7) is 0.283. The smallest absolute Gasteiger partial charge is 0.408 e. The van der Waals surface area contributed by atoms with Crippen LogP contribution < -0.4 is 10.6 Å². The third kappa shape index (κ3) is 9.18. The summed E-state index contributed by atoms with van der Waals surface area (Å²) in [5.41, 5.74) is 1.60. The molecule has 31 heavy (non-hydrogen) atoms. The van der Waals surface area contributed by atoms with Gasteiger partial charge in [0.05, 0.1) is 6.10 Å². The Morgan fingerprint density at radius 3 is 1.87 bits per heavy atom.